The number of nitrogens with zero attached hydrogens (tertiary/aromatic N) is 5. The summed E-state index contributed by atoms with van der Waals surface area (Å²) in [7, 11) is 0. The van der Waals surface area contributed by atoms with Crippen LogP contribution in [0.15, 0.2) is 41.4 Å². The summed E-state index contributed by atoms with van der Waals surface area (Å²) < 4.78 is 5.20. The zero-order valence-corrected chi connectivity index (χ0v) is 13.8. The van der Waals surface area contributed by atoms with Crippen LogP contribution >= 0.6 is 0 Å². The minimum absolute atomic E-state index is 0.0469. The van der Waals surface area contributed by atoms with Crippen LogP contribution in [-0.4, -0.2) is 31.0 Å². The van der Waals surface area contributed by atoms with Gasteiger partial charge in [0.25, 0.3) is 0 Å². The fourth-order valence-electron chi connectivity index (χ4n) is 2.16. The van der Waals surface area contributed by atoms with Gasteiger partial charge in [0, 0.05) is 37.0 Å². The van der Waals surface area contributed by atoms with Gasteiger partial charge in [-0.1, -0.05) is 5.16 Å². The number of rotatable bonds is 7. The van der Waals surface area contributed by atoms with Crippen molar-refractivity contribution in [3.8, 4) is 11.4 Å². The summed E-state index contributed by atoms with van der Waals surface area (Å²) in [6, 6.07) is 3.68. The summed E-state index contributed by atoms with van der Waals surface area (Å²) in [5.74, 6) is 0.968. The largest absolute Gasteiger partial charge is 0.350 e. The molecule has 0 aliphatic rings. The van der Waals surface area contributed by atoms with E-state index in [1.54, 1.807) is 24.8 Å². The Hall–Kier alpha value is -3.16. The maximum Gasteiger partial charge on any atom is 0.226 e. The predicted molar refractivity (Wildman–Crippen MR) is 89.1 cm³/mol. The van der Waals surface area contributed by atoms with Crippen molar-refractivity contribution >= 4 is 5.91 Å². The molecule has 0 unspecified atom stereocenters. The van der Waals surface area contributed by atoms with Gasteiger partial charge in [0.15, 0.2) is 0 Å². The smallest absolute Gasteiger partial charge is 0.226 e. The third kappa shape index (κ3) is 4.90. The molecule has 0 bridgehead atoms. The van der Waals surface area contributed by atoms with Crippen LogP contribution in [-0.2, 0) is 17.8 Å². The van der Waals surface area contributed by atoms with Crippen molar-refractivity contribution in [1.82, 2.24) is 30.4 Å². The van der Waals surface area contributed by atoms with Crippen LogP contribution in [0.1, 0.15) is 30.1 Å². The molecule has 8 nitrogen and oxygen atoms in total. The highest BCUT2D eigenvalue weighted by Gasteiger charge is 2.09. The van der Waals surface area contributed by atoms with Crippen LogP contribution < -0.4 is 5.32 Å². The molecule has 0 saturated carbocycles. The molecule has 3 aromatic heterocycles. The lowest BCUT2D eigenvalue weighted by molar-refractivity contribution is -0.121. The summed E-state index contributed by atoms with van der Waals surface area (Å²) >= 11 is 0. The molecule has 0 aromatic carbocycles. The summed E-state index contributed by atoms with van der Waals surface area (Å²) in [5, 5.41) is 6.74. The SMILES string of the molecule is Cc1cnc(CNC(=O)CCCc2nc(-c3cccnc3)no2)cn1. The van der Waals surface area contributed by atoms with Crippen LogP contribution in [0.3, 0.4) is 0 Å². The number of hydrogen-bond acceptors (Lipinski definition) is 7. The van der Waals surface area contributed by atoms with Crippen molar-refractivity contribution in [2.24, 2.45) is 0 Å². The zero-order valence-electron chi connectivity index (χ0n) is 13.8. The summed E-state index contributed by atoms with van der Waals surface area (Å²) in [6.45, 7) is 2.24. The zero-order chi connectivity index (χ0) is 17.5. The molecule has 128 valence electrons. The molecule has 1 N–H and O–H groups in total. The molecule has 1 amide bonds. The highest BCUT2D eigenvalue weighted by atomic mass is 16.5. The molecule has 0 aliphatic carbocycles. The van der Waals surface area contributed by atoms with Crippen molar-refractivity contribution in [3.63, 3.8) is 0 Å². The second-order valence-electron chi connectivity index (χ2n) is 5.53. The van der Waals surface area contributed by atoms with Crippen LogP contribution in [0.4, 0.5) is 0 Å². The second kappa shape index (κ2) is 8.09. The summed E-state index contributed by atoms with van der Waals surface area (Å²) in [5.41, 5.74) is 2.38. The molecule has 0 atom stereocenters. The van der Waals surface area contributed by atoms with Crippen LogP contribution in [0.5, 0.6) is 0 Å². The number of carbonyl (C=O) groups is 1. The first-order valence-corrected chi connectivity index (χ1v) is 7.98. The quantitative estimate of drug-likeness (QED) is 0.700. The molecule has 0 fully saturated rings. The maximum absolute atomic E-state index is 11.9. The van der Waals surface area contributed by atoms with Gasteiger partial charge in [-0.3, -0.25) is 19.7 Å². The fourth-order valence-corrected chi connectivity index (χ4v) is 2.16. The van der Waals surface area contributed by atoms with Gasteiger partial charge >= 0.3 is 0 Å². The van der Waals surface area contributed by atoms with Crippen molar-refractivity contribution in [2.75, 3.05) is 0 Å². The number of hydrogen-bond donors (Lipinski definition) is 1. The molecular formula is C17H18N6O2. The minimum Gasteiger partial charge on any atom is -0.350 e. The monoisotopic (exact) mass is 338 g/mol. The van der Waals surface area contributed by atoms with E-state index in [1.807, 2.05) is 19.1 Å². The second-order valence-corrected chi connectivity index (χ2v) is 5.53. The molecule has 0 saturated heterocycles. The Labute approximate surface area is 144 Å². The number of pyridine rings is 1. The van der Waals surface area contributed by atoms with Crippen molar-refractivity contribution < 1.29 is 9.32 Å². The van der Waals surface area contributed by atoms with Crippen LogP contribution in [0.2, 0.25) is 0 Å². The maximum atomic E-state index is 11.9. The predicted octanol–water partition coefficient (Wildman–Crippen LogP) is 1.87. The Bertz CT molecular complexity index is 817. The van der Waals surface area contributed by atoms with E-state index >= 15 is 0 Å². The third-order valence-electron chi connectivity index (χ3n) is 3.48. The molecule has 3 rings (SSSR count). The Morgan fingerprint density at radius 3 is 2.92 bits per heavy atom. The average molecular weight is 338 g/mol. The first-order chi connectivity index (χ1) is 12.2. The average Bonchev–Trinajstić information content (AvgIpc) is 3.11. The molecule has 3 aromatic rings. The van der Waals surface area contributed by atoms with Gasteiger partial charge in [0.05, 0.1) is 24.1 Å². The Morgan fingerprint density at radius 2 is 2.16 bits per heavy atom. The van der Waals surface area contributed by atoms with Gasteiger partial charge < -0.3 is 9.84 Å². The molecular weight excluding hydrogens is 320 g/mol. The highest BCUT2D eigenvalue weighted by molar-refractivity contribution is 5.75. The lowest BCUT2D eigenvalue weighted by Gasteiger charge is -2.04. The number of amides is 1. The van der Waals surface area contributed by atoms with Gasteiger partial charge in [-0.25, -0.2) is 0 Å². The van der Waals surface area contributed by atoms with E-state index in [-0.39, 0.29) is 5.91 Å². The van der Waals surface area contributed by atoms with E-state index in [0.29, 0.717) is 37.5 Å². The van der Waals surface area contributed by atoms with Crippen molar-refractivity contribution in [3.05, 3.63) is 54.2 Å². The molecule has 3 heterocycles. The molecule has 0 aliphatic heterocycles. The van der Waals surface area contributed by atoms with E-state index in [9.17, 15) is 4.79 Å². The normalized spacial score (nSPS) is 10.6. The van der Waals surface area contributed by atoms with Gasteiger partial charge in [-0.2, -0.15) is 4.98 Å². The van der Waals surface area contributed by atoms with Gasteiger partial charge in [0.2, 0.25) is 17.6 Å². The lowest BCUT2D eigenvalue weighted by atomic mass is 10.2. The standard InChI is InChI=1S/C17H18N6O2/c1-12-8-20-14(10-19-12)11-21-15(24)5-2-6-16-22-17(23-25-16)13-4-3-7-18-9-13/h3-4,7-10H,2,5-6,11H2,1H3,(H,21,24). The number of carbonyl (C=O) groups excluding carboxylic acids is 1. The Balaban J connectivity index is 1.41. The van der Waals surface area contributed by atoms with E-state index in [4.69, 9.17) is 4.52 Å². The lowest BCUT2D eigenvalue weighted by Crippen LogP contribution is -2.23. The van der Waals surface area contributed by atoms with Crippen molar-refractivity contribution in [1.29, 1.82) is 0 Å². The molecule has 0 radical (unpaired) electrons. The van der Waals surface area contributed by atoms with E-state index in [0.717, 1.165) is 17.0 Å². The topological polar surface area (TPSA) is 107 Å². The van der Waals surface area contributed by atoms with Gasteiger partial charge in [0.1, 0.15) is 0 Å². The summed E-state index contributed by atoms with van der Waals surface area (Å²) in [4.78, 5) is 28.5. The van der Waals surface area contributed by atoms with E-state index in [1.165, 1.54) is 0 Å². The fraction of sp³-hybridized carbons (Fsp3) is 0.294. The molecule has 25 heavy (non-hydrogen) atoms. The van der Waals surface area contributed by atoms with Gasteiger partial charge in [-0.15, -0.1) is 0 Å². The first kappa shape index (κ1) is 16.7. The highest BCUT2D eigenvalue weighted by Crippen LogP contribution is 2.14. The number of aryl methyl sites for hydroxylation is 2. The summed E-state index contributed by atoms with van der Waals surface area (Å²) in [6.07, 6.45) is 8.25. The number of aromatic nitrogens is 5. The Morgan fingerprint density at radius 1 is 1.24 bits per heavy atom. The number of nitrogens with one attached hydrogen (secondary N) is 1. The molecule has 8 heteroatoms. The first-order valence-electron chi connectivity index (χ1n) is 7.98. The van der Waals surface area contributed by atoms with Gasteiger partial charge in [-0.05, 0) is 25.5 Å². The Kier molecular flexibility index (Phi) is 5.40. The van der Waals surface area contributed by atoms with E-state index in [2.05, 4.69) is 30.4 Å². The van der Waals surface area contributed by atoms with Crippen LogP contribution in [0, 0.1) is 6.92 Å². The molecule has 0 spiro atoms. The minimum atomic E-state index is -0.0469. The van der Waals surface area contributed by atoms with Crippen LogP contribution in [0.25, 0.3) is 11.4 Å². The van der Waals surface area contributed by atoms with E-state index < -0.39 is 0 Å². The van der Waals surface area contributed by atoms with Crippen molar-refractivity contribution in [2.45, 2.75) is 32.7 Å². The third-order valence-corrected chi connectivity index (χ3v) is 3.48.